The lowest BCUT2D eigenvalue weighted by atomic mass is 10.4. The summed E-state index contributed by atoms with van der Waals surface area (Å²) in [6.45, 7) is 0. The molecule has 2 nitrogen and oxygen atoms in total. The highest BCUT2D eigenvalue weighted by atomic mass is 31.1. The van der Waals surface area contributed by atoms with Crippen molar-refractivity contribution in [1.29, 1.82) is 5.26 Å². The van der Waals surface area contributed by atoms with Crippen LogP contribution in [0.4, 0.5) is 0 Å². The first-order valence-corrected chi connectivity index (χ1v) is 16.5. The molecule has 0 aliphatic heterocycles. The molecule has 0 aliphatic rings. The monoisotopic (exact) mass is 591 g/mol. The molecule has 0 radical (unpaired) electrons. The van der Waals surface area contributed by atoms with E-state index in [4.69, 9.17) is 10.1 Å². The molecule has 0 unspecified atom stereocenters. The molecule has 6 aromatic carbocycles. The third-order valence-electron chi connectivity index (χ3n) is 6.21. The molecule has 0 saturated heterocycles. The number of benzene rings is 6. The fraction of sp³-hybridized carbons (Fsp3) is 0. The van der Waals surface area contributed by atoms with Crippen LogP contribution in [0, 0.1) is 11.3 Å². The van der Waals surface area contributed by atoms with Gasteiger partial charge in [0.15, 0.2) is 0 Å². The largest absolute Gasteiger partial charge is 0.233 e. The van der Waals surface area contributed by atoms with Crippen LogP contribution < -0.4 is 31.8 Å². The molecule has 0 saturated carbocycles. The first kappa shape index (κ1) is 31.1. The summed E-state index contributed by atoms with van der Waals surface area (Å²) in [7, 11) is -0.892. The fourth-order valence-electron chi connectivity index (χ4n) is 4.38. The van der Waals surface area contributed by atoms with Crippen molar-refractivity contribution in [2.75, 3.05) is 0 Å². The van der Waals surface area contributed by atoms with E-state index in [2.05, 4.69) is 182 Å². The van der Waals surface area contributed by atoms with E-state index in [9.17, 15) is 0 Å². The smallest absolute Gasteiger partial charge is 0.135 e. The quantitative estimate of drug-likeness (QED) is 0.122. The Balaban J connectivity index is 0.000000171. The highest BCUT2D eigenvalue weighted by Crippen LogP contribution is 2.33. The van der Waals surface area contributed by atoms with Crippen LogP contribution in [-0.2, 0) is 4.79 Å². The number of nitriles is 1. The van der Waals surface area contributed by atoms with E-state index in [0.29, 0.717) is 0 Å². The summed E-state index contributed by atoms with van der Waals surface area (Å²) in [5.74, 6) is 1.28. The van der Waals surface area contributed by atoms with E-state index in [1.807, 2.05) is 0 Å². The summed E-state index contributed by atoms with van der Waals surface area (Å²) in [5.41, 5.74) is 0. The fourth-order valence-corrected chi connectivity index (χ4v) is 8.99. The Kier molecular flexibility index (Phi) is 12.9. The van der Waals surface area contributed by atoms with Gasteiger partial charge >= 0.3 is 0 Å². The molecule has 208 valence electrons. The van der Waals surface area contributed by atoms with E-state index in [-0.39, 0.29) is 0 Å². The Morgan fingerprint density at radius 1 is 0.372 bits per heavy atom. The number of hydrogen-bond acceptors (Lipinski definition) is 2. The average Bonchev–Trinajstić information content (AvgIpc) is 3.09. The Labute approximate surface area is 257 Å². The number of rotatable bonds is 6. The van der Waals surface area contributed by atoms with E-state index in [1.165, 1.54) is 43.8 Å². The zero-order valence-electron chi connectivity index (χ0n) is 23.6. The van der Waals surface area contributed by atoms with Crippen LogP contribution in [0.3, 0.4) is 0 Å². The number of allylic oxidation sites excluding steroid dienone is 1. The molecule has 0 N–H and O–H groups in total. The van der Waals surface area contributed by atoms with Gasteiger partial charge in [-0.05, 0) is 47.7 Å². The van der Waals surface area contributed by atoms with Crippen LogP contribution in [-0.4, -0.2) is 5.94 Å². The zero-order valence-corrected chi connectivity index (χ0v) is 25.4. The van der Waals surface area contributed by atoms with Crippen molar-refractivity contribution in [1.82, 2.24) is 0 Å². The van der Waals surface area contributed by atoms with E-state index >= 15 is 0 Å². The average molecular weight is 592 g/mol. The van der Waals surface area contributed by atoms with Crippen molar-refractivity contribution in [2.45, 2.75) is 0 Å². The summed E-state index contributed by atoms with van der Waals surface area (Å²) < 4.78 is 0. The molecule has 0 amide bonds. The Hall–Kier alpha value is -4.88. The summed E-state index contributed by atoms with van der Waals surface area (Å²) in [4.78, 5) is 9.00. The van der Waals surface area contributed by atoms with Gasteiger partial charge in [0, 0.05) is 0 Å². The Morgan fingerprint density at radius 2 is 0.558 bits per heavy atom. The minimum absolute atomic E-state index is 0.446. The second kappa shape index (κ2) is 17.8. The van der Waals surface area contributed by atoms with Crippen LogP contribution in [0.2, 0.25) is 0 Å². The zero-order chi connectivity index (χ0) is 30.0. The molecule has 0 heterocycles. The SMILES string of the molecule is N#CC=C=O.c1ccc(P(c2ccccc2)c2ccccc2)cc1.c1ccc(P(c2ccccc2)c2ccccc2)cc1. The van der Waals surface area contributed by atoms with Crippen molar-refractivity contribution in [3.8, 4) is 6.07 Å². The molecule has 6 aromatic rings. The van der Waals surface area contributed by atoms with Crippen LogP contribution in [0.25, 0.3) is 0 Å². The molecule has 43 heavy (non-hydrogen) atoms. The van der Waals surface area contributed by atoms with Crippen molar-refractivity contribution in [2.24, 2.45) is 0 Å². The molecule has 0 spiro atoms. The second-order valence-corrected chi connectivity index (χ2v) is 13.5. The topological polar surface area (TPSA) is 40.9 Å². The maximum absolute atomic E-state index is 9.00. The van der Waals surface area contributed by atoms with E-state index < -0.39 is 15.8 Å². The van der Waals surface area contributed by atoms with Crippen LogP contribution in [0.5, 0.6) is 0 Å². The van der Waals surface area contributed by atoms with Gasteiger partial charge in [-0.2, -0.15) is 5.26 Å². The Morgan fingerprint density at radius 3 is 0.674 bits per heavy atom. The first-order chi connectivity index (χ1) is 21.3. The lowest BCUT2D eigenvalue weighted by molar-refractivity contribution is 0.569. The van der Waals surface area contributed by atoms with Gasteiger partial charge in [0.05, 0.1) is 6.08 Å². The van der Waals surface area contributed by atoms with E-state index in [0.717, 1.165) is 6.08 Å². The minimum Gasteiger partial charge on any atom is -0.233 e. The van der Waals surface area contributed by atoms with Gasteiger partial charge in [-0.3, -0.25) is 0 Å². The summed E-state index contributed by atoms with van der Waals surface area (Å²) >= 11 is 0. The summed E-state index contributed by atoms with van der Waals surface area (Å²) in [6.07, 6.45) is 0.750. The van der Waals surface area contributed by atoms with Gasteiger partial charge in [-0.15, -0.1) is 0 Å². The molecule has 0 aromatic heterocycles. The highest BCUT2D eigenvalue weighted by Gasteiger charge is 2.16. The summed E-state index contributed by atoms with van der Waals surface area (Å²) in [5, 5.41) is 15.9. The maximum Gasteiger partial charge on any atom is 0.135 e. The third-order valence-corrected chi connectivity index (χ3v) is 11.1. The number of hydrogen-bond donors (Lipinski definition) is 0. The van der Waals surface area contributed by atoms with Crippen molar-refractivity contribution in [3.63, 3.8) is 0 Å². The molecule has 6 rings (SSSR count). The molecule has 0 fully saturated rings. The molecular weight excluding hydrogens is 560 g/mol. The van der Waals surface area contributed by atoms with Crippen LogP contribution in [0.1, 0.15) is 0 Å². The number of nitrogens with zero attached hydrogens (tertiary/aromatic N) is 1. The van der Waals surface area contributed by atoms with Crippen molar-refractivity contribution < 1.29 is 4.79 Å². The van der Waals surface area contributed by atoms with E-state index in [1.54, 1.807) is 0 Å². The first-order valence-electron chi connectivity index (χ1n) is 13.8. The Bertz CT molecular complexity index is 1400. The van der Waals surface area contributed by atoms with Gasteiger partial charge in [-0.1, -0.05) is 182 Å². The second-order valence-electron chi connectivity index (χ2n) is 9.08. The molecular formula is C39H31NOP2. The maximum atomic E-state index is 9.00. The van der Waals surface area contributed by atoms with Crippen LogP contribution in [0.15, 0.2) is 188 Å². The van der Waals surface area contributed by atoms with Gasteiger partial charge in [-0.25, -0.2) is 4.79 Å². The molecule has 4 heteroatoms. The highest BCUT2D eigenvalue weighted by molar-refractivity contribution is 7.80. The predicted octanol–water partition coefficient (Wildman–Crippen LogP) is 6.79. The minimum atomic E-state index is -0.446. The number of carbonyl (C=O) groups excluding carboxylic acids is 1. The third kappa shape index (κ3) is 9.58. The van der Waals surface area contributed by atoms with Crippen LogP contribution >= 0.6 is 15.8 Å². The lowest BCUT2D eigenvalue weighted by Crippen LogP contribution is -2.20. The van der Waals surface area contributed by atoms with Gasteiger partial charge < -0.3 is 0 Å². The standard InChI is InChI=1S/2C18H15P.C3HNO/c2*1-4-10-16(11-5-1)19(17-12-6-2-7-13-17)18-14-8-3-9-15-18;4-2-1-3-5/h2*1-15H;1H. The molecule has 0 aliphatic carbocycles. The van der Waals surface area contributed by atoms with Gasteiger partial charge in [0.1, 0.15) is 12.0 Å². The lowest BCUT2D eigenvalue weighted by Gasteiger charge is -2.18. The van der Waals surface area contributed by atoms with Gasteiger partial charge in [0.25, 0.3) is 0 Å². The summed E-state index contributed by atoms with van der Waals surface area (Å²) in [6, 6.07) is 66.1. The van der Waals surface area contributed by atoms with Crippen molar-refractivity contribution in [3.05, 3.63) is 188 Å². The predicted molar refractivity (Wildman–Crippen MR) is 186 cm³/mol. The van der Waals surface area contributed by atoms with Crippen molar-refractivity contribution >= 4 is 53.6 Å². The van der Waals surface area contributed by atoms with Gasteiger partial charge in [0.2, 0.25) is 0 Å². The molecule has 0 atom stereocenters. The molecule has 0 bridgehead atoms. The normalized spacial score (nSPS) is 9.79.